The Morgan fingerprint density at radius 2 is 1.76 bits per heavy atom. The van der Waals surface area contributed by atoms with Gasteiger partial charge in [0.15, 0.2) is 0 Å². The predicted octanol–water partition coefficient (Wildman–Crippen LogP) is 3.68. The summed E-state index contributed by atoms with van der Waals surface area (Å²) in [5, 5.41) is 8.54. The summed E-state index contributed by atoms with van der Waals surface area (Å²) < 4.78 is 42.8. The van der Waals surface area contributed by atoms with Gasteiger partial charge in [-0.25, -0.2) is 9.80 Å². The lowest BCUT2D eigenvalue weighted by molar-refractivity contribution is -0.274. The van der Waals surface area contributed by atoms with Gasteiger partial charge in [0.25, 0.3) is 0 Å². The fourth-order valence-corrected chi connectivity index (χ4v) is 4.28. The lowest BCUT2D eigenvalue weighted by Crippen LogP contribution is -2.44. The van der Waals surface area contributed by atoms with Gasteiger partial charge in [-0.05, 0) is 50.2 Å². The molecule has 4 rings (SSSR count). The van der Waals surface area contributed by atoms with Crippen molar-refractivity contribution in [2.45, 2.75) is 25.7 Å². The highest BCUT2D eigenvalue weighted by Gasteiger charge is 2.32. The summed E-state index contributed by atoms with van der Waals surface area (Å²) in [5.41, 5.74) is 3.48. The number of likely N-dealkylation sites (N-methyl/N-ethyl adjacent to an activating group) is 1. The number of hydrazone groups is 1. The molecule has 0 aliphatic carbocycles. The molecular weight excluding hydrogens is 447 g/mol. The van der Waals surface area contributed by atoms with E-state index in [2.05, 4.69) is 32.0 Å². The Bertz CT molecular complexity index is 1060. The number of amides is 2. The van der Waals surface area contributed by atoms with Gasteiger partial charge >= 0.3 is 12.4 Å². The molecule has 1 saturated heterocycles. The van der Waals surface area contributed by atoms with Gasteiger partial charge < -0.3 is 19.9 Å². The molecule has 1 unspecified atom stereocenters. The Balaban J connectivity index is 1.74. The number of carbonyl (C=O) groups excluding carboxylic acids is 1. The first-order chi connectivity index (χ1) is 16.1. The number of carbonyl (C=O) groups is 1. The van der Waals surface area contributed by atoms with Crippen LogP contribution in [0, 0.1) is 0 Å². The van der Waals surface area contributed by atoms with Crippen LogP contribution in [0.5, 0.6) is 5.75 Å². The van der Waals surface area contributed by atoms with Gasteiger partial charge in [-0.1, -0.05) is 18.2 Å². The number of urea groups is 1. The number of nitrogens with one attached hydrogen (secondary N) is 1. The number of fused-ring (bicyclic) bond motifs is 1. The first kappa shape index (κ1) is 23.9. The second-order valence-corrected chi connectivity index (χ2v) is 8.61. The van der Waals surface area contributed by atoms with Crippen LogP contribution in [0.15, 0.2) is 47.6 Å². The summed E-state index contributed by atoms with van der Waals surface area (Å²) in [5.74, 6) is -0.325. The van der Waals surface area contributed by atoms with E-state index in [1.165, 1.54) is 24.2 Å². The standard InChI is InChI=1S/C24H28F3N5O2/c1-16-14-18-6-9-20(34-24(25,26)27)15-21(18)22(29-32(16)23(33)28-2)17-4-7-19(8-5-17)31-12-10-30(3)11-13-31/h4-9,15-16H,10-14H2,1-3H3,(H,28,33). The van der Waals surface area contributed by atoms with Crippen LogP contribution < -0.4 is 15.0 Å². The van der Waals surface area contributed by atoms with Crippen LogP contribution in [-0.2, 0) is 6.42 Å². The molecule has 1 atom stereocenters. The lowest BCUT2D eigenvalue weighted by Gasteiger charge is -2.34. The van der Waals surface area contributed by atoms with Crippen LogP contribution in [0.25, 0.3) is 0 Å². The Kier molecular flexibility index (Phi) is 6.70. The Labute approximate surface area is 196 Å². The van der Waals surface area contributed by atoms with E-state index in [-0.39, 0.29) is 11.8 Å². The minimum absolute atomic E-state index is 0.296. The van der Waals surface area contributed by atoms with Crippen molar-refractivity contribution in [1.82, 2.24) is 15.2 Å². The number of ether oxygens (including phenoxy) is 1. The summed E-state index contributed by atoms with van der Waals surface area (Å²) in [6, 6.07) is 11.3. The summed E-state index contributed by atoms with van der Waals surface area (Å²) in [6.07, 6.45) is -4.37. The van der Waals surface area contributed by atoms with Gasteiger partial charge in [0.2, 0.25) is 0 Å². The molecule has 7 nitrogen and oxygen atoms in total. The molecule has 0 radical (unpaired) electrons. The third-order valence-corrected chi connectivity index (χ3v) is 6.14. The molecule has 182 valence electrons. The molecule has 34 heavy (non-hydrogen) atoms. The number of rotatable bonds is 3. The van der Waals surface area contributed by atoms with Gasteiger partial charge in [0, 0.05) is 50.0 Å². The fraction of sp³-hybridized carbons (Fsp3) is 0.417. The van der Waals surface area contributed by atoms with Crippen LogP contribution in [0.4, 0.5) is 23.7 Å². The molecule has 1 fully saturated rings. The van der Waals surface area contributed by atoms with Crippen molar-refractivity contribution < 1.29 is 22.7 Å². The highest BCUT2D eigenvalue weighted by molar-refractivity contribution is 6.14. The zero-order valence-corrected chi connectivity index (χ0v) is 19.4. The first-order valence-corrected chi connectivity index (χ1v) is 11.2. The van der Waals surface area contributed by atoms with E-state index in [9.17, 15) is 18.0 Å². The fourth-order valence-electron chi connectivity index (χ4n) is 4.28. The molecule has 2 aliphatic rings. The summed E-state index contributed by atoms with van der Waals surface area (Å²) in [6.45, 7) is 5.63. The topological polar surface area (TPSA) is 60.4 Å². The third kappa shape index (κ3) is 5.27. The van der Waals surface area contributed by atoms with Crippen LogP contribution in [0.1, 0.15) is 23.6 Å². The molecule has 2 aromatic rings. The van der Waals surface area contributed by atoms with E-state index in [0.29, 0.717) is 23.3 Å². The monoisotopic (exact) mass is 475 g/mol. The normalized spacial score (nSPS) is 19.2. The second kappa shape index (κ2) is 9.54. The highest BCUT2D eigenvalue weighted by atomic mass is 19.4. The third-order valence-electron chi connectivity index (χ3n) is 6.14. The SMILES string of the molecule is CNC(=O)N1N=C(c2ccc(N3CCN(C)CC3)cc2)c2cc(OC(F)(F)F)ccc2CC1C. The maximum absolute atomic E-state index is 12.9. The zero-order chi connectivity index (χ0) is 24.5. The number of alkyl halides is 3. The number of piperazine rings is 1. The average molecular weight is 476 g/mol. The van der Waals surface area contributed by atoms with Crippen molar-refractivity contribution >= 4 is 17.4 Å². The summed E-state index contributed by atoms with van der Waals surface area (Å²) in [4.78, 5) is 17.1. The van der Waals surface area contributed by atoms with Crippen LogP contribution >= 0.6 is 0 Å². The number of benzene rings is 2. The minimum Gasteiger partial charge on any atom is -0.406 e. The van der Waals surface area contributed by atoms with E-state index >= 15 is 0 Å². The zero-order valence-electron chi connectivity index (χ0n) is 19.4. The van der Waals surface area contributed by atoms with Crippen LogP contribution in [0.2, 0.25) is 0 Å². The summed E-state index contributed by atoms with van der Waals surface area (Å²) >= 11 is 0. The van der Waals surface area contributed by atoms with E-state index < -0.39 is 12.4 Å². The van der Waals surface area contributed by atoms with Crippen molar-refractivity contribution in [2.24, 2.45) is 5.10 Å². The number of hydrogen-bond donors (Lipinski definition) is 1. The number of halogens is 3. The van der Waals surface area contributed by atoms with Crippen molar-refractivity contribution in [1.29, 1.82) is 0 Å². The Morgan fingerprint density at radius 3 is 2.38 bits per heavy atom. The summed E-state index contributed by atoms with van der Waals surface area (Å²) in [7, 11) is 3.61. The number of hydrogen-bond acceptors (Lipinski definition) is 5. The van der Waals surface area contributed by atoms with Crippen molar-refractivity contribution in [3.8, 4) is 5.75 Å². The Morgan fingerprint density at radius 1 is 1.09 bits per heavy atom. The van der Waals surface area contributed by atoms with Crippen molar-refractivity contribution in [2.75, 3.05) is 45.2 Å². The molecule has 0 spiro atoms. The van der Waals surface area contributed by atoms with Gasteiger partial charge in [0.1, 0.15) is 5.75 Å². The Hall–Kier alpha value is -3.27. The van der Waals surface area contributed by atoms with Gasteiger partial charge in [-0.15, -0.1) is 13.2 Å². The van der Waals surface area contributed by atoms with Crippen LogP contribution in [0.3, 0.4) is 0 Å². The molecule has 0 aromatic heterocycles. The quantitative estimate of drug-likeness (QED) is 0.736. The van der Waals surface area contributed by atoms with Crippen molar-refractivity contribution in [3.63, 3.8) is 0 Å². The second-order valence-electron chi connectivity index (χ2n) is 8.61. The van der Waals surface area contributed by atoms with E-state index in [1.807, 2.05) is 31.2 Å². The molecule has 0 bridgehead atoms. The largest absolute Gasteiger partial charge is 0.573 e. The number of anilines is 1. The lowest BCUT2D eigenvalue weighted by atomic mass is 9.94. The molecule has 2 heterocycles. The smallest absolute Gasteiger partial charge is 0.406 e. The number of nitrogens with zero attached hydrogens (tertiary/aromatic N) is 4. The van der Waals surface area contributed by atoms with E-state index in [4.69, 9.17) is 0 Å². The van der Waals surface area contributed by atoms with Crippen molar-refractivity contribution in [3.05, 3.63) is 59.2 Å². The maximum Gasteiger partial charge on any atom is 0.573 e. The molecule has 2 amide bonds. The molecule has 0 saturated carbocycles. The minimum atomic E-state index is -4.80. The molecular formula is C24H28F3N5O2. The van der Waals surface area contributed by atoms with Crippen LogP contribution in [-0.4, -0.2) is 74.3 Å². The van der Waals surface area contributed by atoms with Gasteiger partial charge in [-0.3, -0.25) is 0 Å². The van der Waals surface area contributed by atoms with Gasteiger partial charge in [-0.2, -0.15) is 5.10 Å². The molecule has 1 N–H and O–H groups in total. The van der Waals surface area contributed by atoms with E-state index in [1.54, 1.807) is 6.07 Å². The molecule has 2 aliphatic heterocycles. The highest BCUT2D eigenvalue weighted by Crippen LogP contribution is 2.30. The predicted molar refractivity (Wildman–Crippen MR) is 124 cm³/mol. The maximum atomic E-state index is 12.9. The average Bonchev–Trinajstić information content (AvgIpc) is 2.94. The van der Waals surface area contributed by atoms with E-state index in [0.717, 1.165) is 37.4 Å². The molecule has 10 heteroatoms. The van der Waals surface area contributed by atoms with Gasteiger partial charge in [0.05, 0.1) is 11.8 Å². The molecule has 2 aromatic carbocycles. The first-order valence-electron chi connectivity index (χ1n) is 11.2.